The van der Waals surface area contributed by atoms with E-state index < -0.39 is 0 Å². The van der Waals surface area contributed by atoms with Gasteiger partial charge in [0, 0.05) is 45.5 Å². The first-order valence-electron chi connectivity index (χ1n) is 6.16. The van der Waals surface area contributed by atoms with Crippen LogP contribution in [-0.2, 0) is 4.74 Å². The molecule has 0 atom stereocenters. The summed E-state index contributed by atoms with van der Waals surface area (Å²) in [5.74, 6) is 0. The number of para-hydroxylation sites is 1. The van der Waals surface area contributed by atoms with Crippen molar-refractivity contribution in [1.29, 1.82) is 0 Å². The fraction of sp³-hybridized carbons (Fsp3) is 0.538. The number of anilines is 1. The summed E-state index contributed by atoms with van der Waals surface area (Å²) >= 11 is 0. The van der Waals surface area contributed by atoms with Crippen LogP contribution in [0, 0.1) is 0 Å². The number of hydrogen-bond acceptors (Lipinski definition) is 4. The van der Waals surface area contributed by atoms with Gasteiger partial charge in [-0.25, -0.2) is 5.01 Å². The van der Waals surface area contributed by atoms with Crippen molar-refractivity contribution in [2.45, 2.75) is 0 Å². The number of rotatable bonds is 5. The number of nitrogens with zero attached hydrogens (tertiary/aromatic N) is 2. The first-order valence-corrected chi connectivity index (χ1v) is 6.16. The maximum atomic E-state index is 5.10. The third-order valence-corrected chi connectivity index (χ3v) is 3.04. The second-order valence-electron chi connectivity index (χ2n) is 4.30. The topological polar surface area (TPSA) is 27.7 Å². The number of hydrazine groups is 1. The van der Waals surface area contributed by atoms with Crippen LogP contribution in [-0.4, -0.2) is 56.3 Å². The Bertz CT molecular complexity index is 310. The summed E-state index contributed by atoms with van der Waals surface area (Å²) in [5.41, 5.74) is 4.60. The fourth-order valence-corrected chi connectivity index (χ4v) is 2.00. The molecule has 0 aliphatic carbocycles. The fourth-order valence-electron chi connectivity index (χ4n) is 2.00. The number of methoxy groups -OCH3 is 1. The van der Waals surface area contributed by atoms with E-state index in [4.69, 9.17) is 4.74 Å². The van der Waals surface area contributed by atoms with Gasteiger partial charge in [-0.3, -0.25) is 4.90 Å². The zero-order valence-electron chi connectivity index (χ0n) is 10.4. The van der Waals surface area contributed by atoms with E-state index in [0.717, 1.165) is 45.0 Å². The van der Waals surface area contributed by atoms with Crippen LogP contribution in [0.2, 0.25) is 0 Å². The van der Waals surface area contributed by atoms with Crippen molar-refractivity contribution < 1.29 is 4.74 Å². The first kappa shape index (κ1) is 12.4. The van der Waals surface area contributed by atoms with E-state index >= 15 is 0 Å². The van der Waals surface area contributed by atoms with Crippen molar-refractivity contribution in [3.05, 3.63) is 30.3 Å². The van der Waals surface area contributed by atoms with E-state index in [2.05, 4.69) is 39.6 Å². The van der Waals surface area contributed by atoms with Crippen LogP contribution in [0.5, 0.6) is 0 Å². The Morgan fingerprint density at radius 3 is 2.47 bits per heavy atom. The second-order valence-corrected chi connectivity index (χ2v) is 4.30. The van der Waals surface area contributed by atoms with Gasteiger partial charge >= 0.3 is 0 Å². The van der Waals surface area contributed by atoms with Crippen molar-refractivity contribution in [3.63, 3.8) is 0 Å². The molecule has 1 aliphatic heterocycles. The van der Waals surface area contributed by atoms with Gasteiger partial charge in [-0.2, -0.15) is 0 Å². The van der Waals surface area contributed by atoms with Crippen LogP contribution in [0.15, 0.2) is 30.3 Å². The van der Waals surface area contributed by atoms with Gasteiger partial charge in [0.05, 0.1) is 6.61 Å². The Morgan fingerprint density at radius 2 is 1.82 bits per heavy atom. The molecule has 1 aliphatic rings. The molecular weight excluding hydrogens is 214 g/mol. The van der Waals surface area contributed by atoms with Gasteiger partial charge in [0.15, 0.2) is 0 Å². The zero-order chi connectivity index (χ0) is 11.9. The molecule has 0 aromatic heterocycles. The molecule has 94 valence electrons. The molecule has 1 fully saturated rings. The lowest BCUT2D eigenvalue weighted by molar-refractivity contribution is 0.107. The Kier molecular flexibility index (Phi) is 4.79. The van der Waals surface area contributed by atoms with Gasteiger partial charge in [0.1, 0.15) is 0 Å². The first-order chi connectivity index (χ1) is 8.38. The van der Waals surface area contributed by atoms with E-state index in [0.29, 0.717) is 0 Å². The summed E-state index contributed by atoms with van der Waals surface area (Å²) in [6, 6.07) is 10.3. The summed E-state index contributed by atoms with van der Waals surface area (Å²) in [6.07, 6.45) is 0. The monoisotopic (exact) mass is 235 g/mol. The number of benzene rings is 1. The molecule has 1 N–H and O–H groups in total. The van der Waals surface area contributed by atoms with E-state index in [1.807, 2.05) is 6.07 Å². The SMILES string of the molecule is COCCN1CCN(Nc2ccccc2)CC1. The molecule has 17 heavy (non-hydrogen) atoms. The lowest BCUT2D eigenvalue weighted by Gasteiger charge is -2.35. The Balaban J connectivity index is 1.72. The van der Waals surface area contributed by atoms with Crippen LogP contribution in [0.1, 0.15) is 0 Å². The molecule has 2 rings (SSSR count). The molecule has 1 heterocycles. The Hall–Kier alpha value is -1.10. The van der Waals surface area contributed by atoms with Gasteiger partial charge in [-0.05, 0) is 12.1 Å². The van der Waals surface area contributed by atoms with Crippen LogP contribution >= 0.6 is 0 Å². The van der Waals surface area contributed by atoms with Gasteiger partial charge in [-0.1, -0.05) is 18.2 Å². The van der Waals surface area contributed by atoms with E-state index in [9.17, 15) is 0 Å². The molecule has 0 spiro atoms. The van der Waals surface area contributed by atoms with Crippen LogP contribution < -0.4 is 5.43 Å². The highest BCUT2D eigenvalue weighted by Crippen LogP contribution is 2.08. The zero-order valence-corrected chi connectivity index (χ0v) is 10.4. The van der Waals surface area contributed by atoms with Crippen LogP contribution in [0.25, 0.3) is 0 Å². The smallest absolute Gasteiger partial charge is 0.0589 e. The molecule has 0 unspecified atom stereocenters. The minimum Gasteiger partial charge on any atom is -0.383 e. The van der Waals surface area contributed by atoms with Crippen molar-refractivity contribution in [2.75, 3.05) is 51.9 Å². The lowest BCUT2D eigenvalue weighted by Crippen LogP contribution is -2.49. The number of nitrogens with one attached hydrogen (secondary N) is 1. The second kappa shape index (κ2) is 6.59. The minimum atomic E-state index is 0.826. The number of piperazine rings is 1. The maximum Gasteiger partial charge on any atom is 0.0589 e. The third kappa shape index (κ3) is 4.00. The van der Waals surface area contributed by atoms with Gasteiger partial charge in [0.2, 0.25) is 0 Å². The average molecular weight is 235 g/mol. The molecule has 0 saturated carbocycles. The van der Waals surface area contributed by atoms with E-state index in [1.165, 1.54) is 0 Å². The average Bonchev–Trinajstić information content (AvgIpc) is 2.39. The molecular formula is C13H21N3O. The summed E-state index contributed by atoms with van der Waals surface area (Å²) < 4.78 is 5.10. The highest BCUT2D eigenvalue weighted by molar-refractivity contribution is 5.41. The van der Waals surface area contributed by atoms with Gasteiger partial charge < -0.3 is 10.2 Å². The predicted molar refractivity (Wildman–Crippen MR) is 70.0 cm³/mol. The summed E-state index contributed by atoms with van der Waals surface area (Å²) in [4.78, 5) is 2.44. The molecule has 4 nitrogen and oxygen atoms in total. The highest BCUT2D eigenvalue weighted by Gasteiger charge is 2.15. The molecule has 1 saturated heterocycles. The number of ether oxygens (including phenoxy) is 1. The highest BCUT2D eigenvalue weighted by atomic mass is 16.5. The molecule has 1 aromatic rings. The molecule has 0 radical (unpaired) electrons. The lowest BCUT2D eigenvalue weighted by atomic mass is 10.3. The Morgan fingerprint density at radius 1 is 1.12 bits per heavy atom. The summed E-state index contributed by atoms with van der Waals surface area (Å²) in [5, 5.41) is 2.28. The number of hydrogen-bond donors (Lipinski definition) is 1. The summed E-state index contributed by atoms with van der Waals surface area (Å²) in [6.45, 7) is 6.17. The minimum absolute atomic E-state index is 0.826. The van der Waals surface area contributed by atoms with Crippen LogP contribution in [0.3, 0.4) is 0 Å². The van der Waals surface area contributed by atoms with Crippen LogP contribution in [0.4, 0.5) is 5.69 Å². The van der Waals surface area contributed by atoms with Gasteiger partial charge in [-0.15, -0.1) is 0 Å². The van der Waals surface area contributed by atoms with E-state index in [-0.39, 0.29) is 0 Å². The predicted octanol–water partition coefficient (Wildman–Crippen LogP) is 1.28. The van der Waals surface area contributed by atoms with Crippen molar-refractivity contribution in [2.24, 2.45) is 0 Å². The normalized spacial score (nSPS) is 18.2. The van der Waals surface area contributed by atoms with Crippen molar-refractivity contribution in [3.8, 4) is 0 Å². The van der Waals surface area contributed by atoms with Gasteiger partial charge in [0.25, 0.3) is 0 Å². The standard InChI is InChI=1S/C13H21N3O/c1-17-12-11-15-7-9-16(10-8-15)14-13-5-3-2-4-6-13/h2-6,14H,7-12H2,1H3. The summed E-state index contributed by atoms with van der Waals surface area (Å²) in [7, 11) is 1.76. The molecule has 0 amide bonds. The molecule has 0 bridgehead atoms. The third-order valence-electron chi connectivity index (χ3n) is 3.04. The largest absolute Gasteiger partial charge is 0.383 e. The van der Waals surface area contributed by atoms with Crippen molar-refractivity contribution in [1.82, 2.24) is 9.91 Å². The Labute approximate surface area is 103 Å². The maximum absolute atomic E-state index is 5.10. The van der Waals surface area contributed by atoms with Crippen molar-refractivity contribution >= 4 is 5.69 Å². The van der Waals surface area contributed by atoms with E-state index in [1.54, 1.807) is 7.11 Å². The molecule has 1 aromatic carbocycles. The molecule has 4 heteroatoms. The quantitative estimate of drug-likeness (QED) is 0.832.